The monoisotopic (exact) mass is 348 g/mol. The number of ether oxygens (including phenoxy) is 4. The van der Waals surface area contributed by atoms with Crippen LogP contribution in [0.3, 0.4) is 0 Å². The SMILES string of the molecule is O=C(Oc1ccc2c(c1)OCO2)c1ccccc1OCc1ccccc1. The van der Waals surface area contributed by atoms with Gasteiger partial charge >= 0.3 is 5.97 Å². The lowest BCUT2D eigenvalue weighted by Crippen LogP contribution is -2.11. The van der Waals surface area contributed by atoms with Crippen molar-refractivity contribution in [2.75, 3.05) is 6.79 Å². The molecule has 0 spiro atoms. The first-order valence-electron chi connectivity index (χ1n) is 8.17. The zero-order valence-electron chi connectivity index (χ0n) is 13.9. The Kier molecular flexibility index (Phi) is 4.43. The van der Waals surface area contributed by atoms with Crippen LogP contribution in [0.2, 0.25) is 0 Å². The molecule has 3 aromatic carbocycles. The molecule has 26 heavy (non-hydrogen) atoms. The van der Waals surface area contributed by atoms with Crippen molar-refractivity contribution in [2.45, 2.75) is 6.61 Å². The number of esters is 1. The second kappa shape index (κ2) is 7.19. The van der Waals surface area contributed by atoms with E-state index in [0.29, 0.717) is 35.2 Å². The van der Waals surface area contributed by atoms with E-state index >= 15 is 0 Å². The normalized spacial score (nSPS) is 11.8. The van der Waals surface area contributed by atoms with Crippen molar-refractivity contribution >= 4 is 5.97 Å². The standard InChI is InChI=1S/C21H16O5/c22-21(26-16-10-11-19-20(12-16)25-14-24-19)17-8-4-5-9-18(17)23-13-15-6-2-1-3-7-15/h1-12H,13-14H2. The second-order valence-electron chi connectivity index (χ2n) is 5.68. The van der Waals surface area contributed by atoms with Gasteiger partial charge in [0.25, 0.3) is 0 Å². The van der Waals surface area contributed by atoms with Crippen LogP contribution in [0.5, 0.6) is 23.0 Å². The molecule has 0 aromatic heterocycles. The summed E-state index contributed by atoms with van der Waals surface area (Å²) in [5.41, 5.74) is 1.38. The van der Waals surface area contributed by atoms with E-state index in [4.69, 9.17) is 18.9 Å². The van der Waals surface area contributed by atoms with E-state index in [0.717, 1.165) is 5.56 Å². The fourth-order valence-electron chi connectivity index (χ4n) is 2.60. The van der Waals surface area contributed by atoms with E-state index in [1.807, 2.05) is 36.4 Å². The highest BCUT2D eigenvalue weighted by molar-refractivity contribution is 5.94. The Balaban J connectivity index is 1.49. The summed E-state index contributed by atoms with van der Waals surface area (Å²) in [7, 11) is 0. The molecule has 0 saturated carbocycles. The molecule has 0 fully saturated rings. The van der Waals surface area contributed by atoms with Crippen LogP contribution in [0.15, 0.2) is 72.8 Å². The highest BCUT2D eigenvalue weighted by atomic mass is 16.7. The third-order valence-electron chi connectivity index (χ3n) is 3.90. The van der Waals surface area contributed by atoms with Crippen molar-refractivity contribution in [3.8, 4) is 23.0 Å². The molecule has 0 bridgehead atoms. The van der Waals surface area contributed by atoms with E-state index in [1.54, 1.807) is 36.4 Å². The molecule has 1 heterocycles. The van der Waals surface area contributed by atoms with Crippen molar-refractivity contribution in [1.29, 1.82) is 0 Å². The summed E-state index contributed by atoms with van der Waals surface area (Å²) < 4.78 is 21.8. The van der Waals surface area contributed by atoms with Crippen LogP contribution in [0.4, 0.5) is 0 Å². The molecular weight excluding hydrogens is 332 g/mol. The van der Waals surface area contributed by atoms with Crippen LogP contribution in [0.1, 0.15) is 15.9 Å². The molecule has 3 aromatic rings. The summed E-state index contributed by atoms with van der Waals surface area (Å²) in [5.74, 6) is 1.56. The van der Waals surface area contributed by atoms with Gasteiger partial charge < -0.3 is 18.9 Å². The number of carbonyl (C=O) groups excluding carboxylic acids is 1. The Morgan fingerprint density at radius 2 is 1.65 bits per heavy atom. The van der Waals surface area contributed by atoms with Crippen molar-refractivity contribution in [3.63, 3.8) is 0 Å². The highest BCUT2D eigenvalue weighted by Crippen LogP contribution is 2.35. The lowest BCUT2D eigenvalue weighted by molar-refractivity contribution is 0.0729. The van der Waals surface area contributed by atoms with E-state index in [-0.39, 0.29) is 6.79 Å². The van der Waals surface area contributed by atoms with Gasteiger partial charge in [0.05, 0.1) is 0 Å². The average Bonchev–Trinajstić information content (AvgIpc) is 3.15. The van der Waals surface area contributed by atoms with Gasteiger partial charge in [-0.2, -0.15) is 0 Å². The molecule has 0 N–H and O–H groups in total. The molecule has 1 aliphatic rings. The number of carbonyl (C=O) groups is 1. The van der Waals surface area contributed by atoms with Gasteiger partial charge in [0.15, 0.2) is 11.5 Å². The molecule has 130 valence electrons. The number of fused-ring (bicyclic) bond motifs is 1. The summed E-state index contributed by atoms with van der Waals surface area (Å²) in [4.78, 5) is 12.6. The summed E-state index contributed by atoms with van der Waals surface area (Å²) in [5, 5.41) is 0. The number of rotatable bonds is 5. The van der Waals surface area contributed by atoms with Crippen molar-refractivity contribution < 1.29 is 23.7 Å². The lowest BCUT2D eigenvalue weighted by Gasteiger charge is -2.11. The Labute approximate surface area is 150 Å². The minimum absolute atomic E-state index is 0.170. The number of hydrogen-bond acceptors (Lipinski definition) is 5. The van der Waals surface area contributed by atoms with Gasteiger partial charge in [-0.25, -0.2) is 4.79 Å². The fourth-order valence-corrected chi connectivity index (χ4v) is 2.60. The first-order chi connectivity index (χ1) is 12.8. The first kappa shape index (κ1) is 16.0. The van der Waals surface area contributed by atoms with Crippen molar-refractivity contribution in [2.24, 2.45) is 0 Å². The third kappa shape index (κ3) is 3.47. The van der Waals surface area contributed by atoms with Gasteiger partial charge in [0.1, 0.15) is 23.7 Å². The molecule has 4 rings (SSSR count). The molecule has 0 saturated heterocycles. The summed E-state index contributed by atoms with van der Waals surface area (Å²) in [6.07, 6.45) is 0. The maximum absolute atomic E-state index is 12.6. The molecule has 0 radical (unpaired) electrons. The zero-order valence-corrected chi connectivity index (χ0v) is 13.9. The quantitative estimate of drug-likeness (QED) is 0.511. The topological polar surface area (TPSA) is 54.0 Å². The van der Waals surface area contributed by atoms with Crippen LogP contribution in [0, 0.1) is 0 Å². The fraction of sp³-hybridized carbons (Fsp3) is 0.0952. The zero-order chi connectivity index (χ0) is 17.8. The minimum atomic E-state index is -0.493. The van der Waals surface area contributed by atoms with Gasteiger partial charge in [-0.15, -0.1) is 0 Å². The number of hydrogen-bond donors (Lipinski definition) is 0. The lowest BCUT2D eigenvalue weighted by atomic mass is 10.2. The highest BCUT2D eigenvalue weighted by Gasteiger charge is 2.18. The van der Waals surface area contributed by atoms with Crippen molar-refractivity contribution in [1.82, 2.24) is 0 Å². The Morgan fingerprint density at radius 3 is 2.54 bits per heavy atom. The van der Waals surface area contributed by atoms with Gasteiger partial charge in [-0.1, -0.05) is 42.5 Å². The molecule has 0 atom stereocenters. The van der Waals surface area contributed by atoms with Crippen molar-refractivity contribution in [3.05, 3.63) is 83.9 Å². The summed E-state index contributed by atoms with van der Waals surface area (Å²) >= 11 is 0. The number of benzene rings is 3. The van der Waals surface area contributed by atoms with Crippen LogP contribution < -0.4 is 18.9 Å². The van der Waals surface area contributed by atoms with E-state index in [1.165, 1.54) is 0 Å². The minimum Gasteiger partial charge on any atom is -0.488 e. The Hall–Kier alpha value is -3.47. The van der Waals surface area contributed by atoms with Crippen LogP contribution >= 0.6 is 0 Å². The first-order valence-corrected chi connectivity index (χ1v) is 8.17. The van der Waals surface area contributed by atoms with E-state index in [9.17, 15) is 4.79 Å². The van der Waals surface area contributed by atoms with Gasteiger partial charge in [0, 0.05) is 6.07 Å². The average molecular weight is 348 g/mol. The molecule has 5 nitrogen and oxygen atoms in total. The Morgan fingerprint density at radius 1 is 0.885 bits per heavy atom. The van der Waals surface area contributed by atoms with Crippen LogP contribution in [-0.4, -0.2) is 12.8 Å². The smallest absolute Gasteiger partial charge is 0.347 e. The van der Waals surface area contributed by atoms with E-state index < -0.39 is 5.97 Å². The molecule has 1 aliphatic heterocycles. The van der Waals surface area contributed by atoms with Gasteiger partial charge in [-0.3, -0.25) is 0 Å². The van der Waals surface area contributed by atoms with Crippen LogP contribution in [-0.2, 0) is 6.61 Å². The molecule has 0 amide bonds. The third-order valence-corrected chi connectivity index (χ3v) is 3.90. The summed E-state index contributed by atoms with van der Waals surface area (Å²) in [6.45, 7) is 0.540. The summed E-state index contributed by atoms with van der Waals surface area (Å²) in [6, 6.07) is 21.8. The van der Waals surface area contributed by atoms with Gasteiger partial charge in [0.2, 0.25) is 6.79 Å². The maximum Gasteiger partial charge on any atom is 0.347 e. The van der Waals surface area contributed by atoms with E-state index in [2.05, 4.69) is 0 Å². The molecule has 5 heteroatoms. The molecular formula is C21H16O5. The molecule has 0 unspecified atom stereocenters. The van der Waals surface area contributed by atoms with Gasteiger partial charge in [-0.05, 0) is 29.8 Å². The predicted molar refractivity (Wildman–Crippen MR) is 94.7 cm³/mol. The van der Waals surface area contributed by atoms with Crippen LogP contribution in [0.25, 0.3) is 0 Å². The maximum atomic E-state index is 12.6. The largest absolute Gasteiger partial charge is 0.488 e. The number of para-hydroxylation sites is 1. The second-order valence-corrected chi connectivity index (χ2v) is 5.68. The predicted octanol–water partition coefficient (Wildman–Crippen LogP) is 4.21. The Bertz CT molecular complexity index is 921. The molecule has 0 aliphatic carbocycles.